The number of ether oxygens (including phenoxy) is 1. The number of hydrogen-bond acceptors (Lipinski definition) is 4. The van der Waals surface area contributed by atoms with Crippen LogP contribution in [0.4, 0.5) is 0 Å². The fourth-order valence-corrected chi connectivity index (χ4v) is 8.45. The largest absolute Gasteiger partial charge is 0.496 e. The number of para-hydroxylation sites is 1. The highest BCUT2D eigenvalue weighted by molar-refractivity contribution is 7.12. The smallest absolute Gasteiger partial charge is 0.312 e. The Morgan fingerprint density at radius 3 is 2.64 bits per heavy atom. The number of fused-ring (bicyclic) bond motifs is 1. The van der Waals surface area contributed by atoms with Crippen LogP contribution in [0.5, 0.6) is 5.75 Å². The number of likely N-dealkylation sites (tertiary alicyclic amines) is 1. The number of rotatable bonds is 5. The molecule has 1 aliphatic heterocycles. The molecule has 1 saturated heterocycles. The first-order chi connectivity index (χ1) is 17.4. The number of benzene rings is 2. The van der Waals surface area contributed by atoms with E-state index in [-0.39, 0.29) is 24.3 Å². The molecule has 5 nitrogen and oxygen atoms in total. The van der Waals surface area contributed by atoms with E-state index in [1.807, 2.05) is 30.3 Å². The first-order valence-electron chi connectivity index (χ1n) is 12.4. The molecule has 0 radical (unpaired) electrons. The summed E-state index contributed by atoms with van der Waals surface area (Å²) < 4.78 is 5.41. The summed E-state index contributed by atoms with van der Waals surface area (Å²) in [5.41, 5.74) is 1.81. The highest BCUT2D eigenvalue weighted by Gasteiger charge is 2.71. The number of carboxylic acid groups (broad SMARTS) is 1. The van der Waals surface area contributed by atoms with Gasteiger partial charge >= 0.3 is 5.97 Å². The lowest BCUT2D eigenvalue weighted by molar-refractivity contribution is -0.157. The van der Waals surface area contributed by atoms with Gasteiger partial charge in [-0.2, -0.15) is 0 Å². The topological polar surface area (TPSA) is 66.8 Å². The van der Waals surface area contributed by atoms with Gasteiger partial charge in [0.15, 0.2) is 0 Å². The van der Waals surface area contributed by atoms with E-state index in [4.69, 9.17) is 4.74 Å². The van der Waals surface area contributed by atoms with E-state index >= 15 is 0 Å². The Kier molecular flexibility index (Phi) is 5.34. The predicted molar refractivity (Wildman–Crippen MR) is 140 cm³/mol. The maximum Gasteiger partial charge on any atom is 0.312 e. The lowest BCUT2D eigenvalue weighted by Gasteiger charge is -2.58. The number of methoxy groups -OCH3 is 1. The summed E-state index contributed by atoms with van der Waals surface area (Å²) in [7, 11) is 1.61. The number of thiophene rings is 1. The minimum atomic E-state index is -1.00. The van der Waals surface area contributed by atoms with Crippen molar-refractivity contribution < 1.29 is 19.4 Å². The molecule has 3 aromatic rings. The SMILES string of the molecule is COc1ccccc1/C=C/C(=O)N1C[C@H]2[C@]3(c4ccc(C)s4)CC[C@@H](c4ccccc43)[C@@]2(C(=O)O)C1. The summed E-state index contributed by atoms with van der Waals surface area (Å²) in [6.45, 7) is 2.76. The highest BCUT2D eigenvalue weighted by atomic mass is 32.1. The lowest BCUT2D eigenvalue weighted by Crippen LogP contribution is -2.60. The van der Waals surface area contributed by atoms with Gasteiger partial charge in [0.25, 0.3) is 0 Å². The molecule has 2 fully saturated rings. The van der Waals surface area contributed by atoms with Gasteiger partial charge in [-0.1, -0.05) is 42.5 Å². The quantitative estimate of drug-likeness (QED) is 0.472. The summed E-state index contributed by atoms with van der Waals surface area (Å²) in [6.07, 6.45) is 5.04. The van der Waals surface area contributed by atoms with E-state index < -0.39 is 16.8 Å². The van der Waals surface area contributed by atoms with Gasteiger partial charge in [0.05, 0.1) is 12.5 Å². The van der Waals surface area contributed by atoms with Crippen molar-refractivity contribution in [3.63, 3.8) is 0 Å². The minimum Gasteiger partial charge on any atom is -0.496 e. The molecular weight excluding hydrogens is 470 g/mol. The van der Waals surface area contributed by atoms with Crippen LogP contribution in [0.1, 0.15) is 45.2 Å². The molecule has 4 atom stereocenters. The average Bonchev–Trinajstić information content (AvgIpc) is 3.54. The maximum absolute atomic E-state index is 13.5. The molecule has 1 N–H and O–H groups in total. The van der Waals surface area contributed by atoms with Crippen molar-refractivity contribution in [1.82, 2.24) is 4.90 Å². The summed E-state index contributed by atoms with van der Waals surface area (Å²) >= 11 is 1.76. The van der Waals surface area contributed by atoms with Crippen LogP contribution in [-0.4, -0.2) is 42.1 Å². The van der Waals surface area contributed by atoms with Crippen LogP contribution < -0.4 is 4.74 Å². The number of aryl methyl sites for hydroxylation is 1. The molecule has 1 aromatic heterocycles. The number of carboxylic acids is 1. The van der Waals surface area contributed by atoms with Crippen molar-refractivity contribution in [2.45, 2.75) is 31.1 Å². The molecule has 1 amide bonds. The number of aliphatic carboxylic acids is 1. The number of nitrogens with zero attached hydrogens (tertiary/aromatic N) is 1. The van der Waals surface area contributed by atoms with Crippen LogP contribution in [-0.2, 0) is 15.0 Å². The molecule has 0 spiro atoms. The fourth-order valence-electron chi connectivity index (χ4n) is 7.29. The van der Waals surface area contributed by atoms with Crippen LogP contribution in [0.15, 0.2) is 66.7 Å². The van der Waals surface area contributed by atoms with Crippen molar-refractivity contribution in [1.29, 1.82) is 0 Å². The van der Waals surface area contributed by atoms with Gasteiger partial charge in [-0.25, -0.2) is 0 Å². The molecule has 36 heavy (non-hydrogen) atoms. The molecular formula is C30H29NO4S. The normalized spacial score (nSPS) is 28.2. The minimum absolute atomic E-state index is 0.102. The molecule has 3 aliphatic carbocycles. The van der Waals surface area contributed by atoms with Crippen molar-refractivity contribution in [2.75, 3.05) is 20.2 Å². The standard InChI is InChI=1S/C30H29NO4S/c1-19-11-13-26(36-19)29-16-15-23(21-8-4-5-9-22(21)29)30(28(33)34)18-31(17-25(29)30)27(32)14-12-20-7-3-6-10-24(20)35-2/h3-14,23,25H,15-18H2,1-2H3,(H,33,34)/b14-12+/t23-,25-,29-,30-/m0/s1. The molecule has 2 bridgehead atoms. The molecule has 1 saturated carbocycles. The van der Waals surface area contributed by atoms with Crippen molar-refractivity contribution in [2.24, 2.45) is 11.3 Å². The Morgan fingerprint density at radius 2 is 1.89 bits per heavy atom. The number of amides is 1. The molecule has 4 aliphatic rings. The Labute approximate surface area is 215 Å². The van der Waals surface area contributed by atoms with Crippen LogP contribution >= 0.6 is 11.3 Å². The summed E-state index contributed by atoms with van der Waals surface area (Å²) in [4.78, 5) is 30.9. The zero-order chi connectivity index (χ0) is 25.1. The Hall–Kier alpha value is -3.38. The van der Waals surface area contributed by atoms with E-state index in [0.29, 0.717) is 12.3 Å². The highest BCUT2D eigenvalue weighted by Crippen LogP contribution is 2.69. The van der Waals surface area contributed by atoms with Gasteiger partial charge in [-0.05, 0) is 55.2 Å². The molecule has 2 heterocycles. The van der Waals surface area contributed by atoms with E-state index in [1.165, 1.54) is 15.3 Å². The van der Waals surface area contributed by atoms with Gasteiger partial charge in [0.1, 0.15) is 5.75 Å². The number of carbonyl (C=O) groups excluding carboxylic acids is 1. The predicted octanol–water partition coefficient (Wildman–Crippen LogP) is 5.49. The van der Waals surface area contributed by atoms with E-state index in [9.17, 15) is 14.7 Å². The van der Waals surface area contributed by atoms with Crippen LogP contribution in [0.3, 0.4) is 0 Å². The van der Waals surface area contributed by atoms with Crippen molar-refractivity contribution in [3.05, 3.63) is 93.2 Å². The van der Waals surface area contributed by atoms with Gasteiger partial charge in [-0.3, -0.25) is 9.59 Å². The van der Waals surface area contributed by atoms with Crippen molar-refractivity contribution in [3.8, 4) is 5.75 Å². The van der Waals surface area contributed by atoms with Crippen LogP contribution in [0.25, 0.3) is 6.08 Å². The second kappa shape index (κ2) is 8.34. The Bertz CT molecular complexity index is 1390. The number of carbonyl (C=O) groups is 2. The third-order valence-corrected chi connectivity index (χ3v) is 9.95. The van der Waals surface area contributed by atoms with Crippen LogP contribution in [0.2, 0.25) is 0 Å². The van der Waals surface area contributed by atoms with E-state index in [2.05, 4.69) is 37.3 Å². The monoisotopic (exact) mass is 499 g/mol. The summed E-state index contributed by atoms with van der Waals surface area (Å²) in [6, 6.07) is 20.2. The summed E-state index contributed by atoms with van der Waals surface area (Å²) in [5.74, 6) is -0.530. The second-order valence-corrected chi connectivity index (χ2v) is 11.5. The third kappa shape index (κ3) is 3.07. The number of hydrogen-bond donors (Lipinski definition) is 1. The fraction of sp³-hybridized carbons (Fsp3) is 0.333. The lowest BCUT2D eigenvalue weighted by atomic mass is 9.43. The molecule has 2 aromatic carbocycles. The molecule has 7 rings (SSSR count). The Morgan fingerprint density at radius 1 is 1.11 bits per heavy atom. The average molecular weight is 500 g/mol. The van der Waals surface area contributed by atoms with E-state index in [0.717, 1.165) is 24.0 Å². The zero-order valence-electron chi connectivity index (χ0n) is 20.4. The van der Waals surface area contributed by atoms with Gasteiger partial charge in [0, 0.05) is 51.7 Å². The van der Waals surface area contributed by atoms with Gasteiger partial charge < -0.3 is 14.7 Å². The molecule has 6 heteroatoms. The van der Waals surface area contributed by atoms with Crippen LogP contribution in [0, 0.1) is 18.3 Å². The first-order valence-corrected chi connectivity index (χ1v) is 13.2. The molecule has 184 valence electrons. The summed E-state index contributed by atoms with van der Waals surface area (Å²) in [5, 5.41) is 10.8. The Balaban J connectivity index is 1.44. The molecule has 0 unspecified atom stereocenters. The van der Waals surface area contributed by atoms with Gasteiger partial charge in [-0.15, -0.1) is 11.3 Å². The van der Waals surface area contributed by atoms with E-state index in [1.54, 1.807) is 35.5 Å². The zero-order valence-corrected chi connectivity index (χ0v) is 21.3. The third-order valence-electron chi connectivity index (χ3n) is 8.77. The van der Waals surface area contributed by atoms with Crippen molar-refractivity contribution >= 4 is 29.3 Å². The maximum atomic E-state index is 13.5. The second-order valence-electron chi connectivity index (χ2n) is 10.3. The first kappa shape index (κ1) is 23.0. The van der Waals surface area contributed by atoms with Gasteiger partial charge in [0.2, 0.25) is 5.91 Å².